The molecule has 0 aliphatic rings. The minimum atomic E-state index is -0.599. The molecule has 1 atom stereocenters. The molecular formula is C21H27NO4. The molecule has 0 saturated heterocycles. The molecule has 1 amide bonds. The zero-order valence-corrected chi connectivity index (χ0v) is 15.9. The van der Waals surface area contributed by atoms with Gasteiger partial charge in [-0.05, 0) is 69.2 Å². The maximum atomic E-state index is 12.4. The largest absolute Gasteiger partial charge is 0.491 e. The van der Waals surface area contributed by atoms with Crippen LogP contribution in [0.25, 0.3) is 0 Å². The van der Waals surface area contributed by atoms with E-state index in [0.29, 0.717) is 25.5 Å². The van der Waals surface area contributed by atoms with Crippen molar-refractivity contribution in [1.29, 1.82) is 0 Å². The first kappa shape index (κ1) is 19.8. The van der Waals surface area contributed by atoms with Crippen LogP contribution in [0.15, 0.2) is 42.5 Å². The first-order chi connectivity index (χ1) is 12.5. The zero-order chi connectivity index (χ0) is 18.9. The number of carbonyl (C=O) groups is 1. The van der Waals surface area contributed by atoms with E-state index in [-0.39, 0.29) is 5.91 Å². The molecule has 2 rings (SSSR count). The van der Waals surface area contributed by atoms with Crippen molar-refractivity contribution in [3.8, 4) is 11.5 Å². The molecule has 0 aliphatic heterocycles. The third kappa shape index (κ3) is 6.08. The molecule has 2 aromatic rings. The standard InChI is InChI=1S/C21H27NO4/c1-5-24-12-13-25-19-10-8-18(9-11-19)22-21(23)17(4)26-20-14-15(2)6-7-16(20)3/h6-11,14,17H,5,12-13H2,1-4H3,(H,22,23). The fourth-order valence-electron chi connectivity index (χ4n) is 2.32. The Bertz CT molecular complexity index is 712. The quantitative estimate of drug-likeness (QED) is 0.686. The lowest BCUT2D eigenvalue weighted by atomic mass is 10.1. The Balaban J connectivity index is 1.87. The van der Waals surface area contributed by atoms with Crippen LogP contribution in [0.5, 0.6) is 11.5 Å². The van der Waals surface area contributed by atoms with Crippen LogP contribution >= 0.6 is 0 Å². The van der Waals surface area contributed by atoms with Crippen LogP contribution in [0.1, 0.15) is 25.0 Å². The lowest BCUT2D eigenvalue weighted by Gasteiger charge is -2.17. The molecule has 0 heterocycles. The Morgan fingerprint density at radius 1 is 1.08 bits per heavy atom. The molecule has 2 aromatic carbocycles. The van der Waals surface area contributed by atoms with Gasteiger partial charge >= 0.3 is 0 Å². The van der Waals surface area contributed by atoms with Gasteiger partial charge < -0.3 is 19.5 Å². The summed E-state index contributed by atoms with van der Waals surface area (Å²) in [4.78, 5) is 12.4. The number of ether oxygens (including phenoxy) is 3. The van der Waals surface area contributed by atoms with E-state index < -0.39 is 6.10 Å². The first-order valence-corrected chi connectivity index (χ1v) is 8.85. The van der Waals surface area contributed by atoms with Gasteiger partial charge in [0.2, 0.25) is 0 Å². The van der Waals surface area contributed by atoms with E-state index in [1.54, 1.807) is 19.1 Å². The van der Waals surface area contributed by atoms with Gasteiger partial charge in [-0.25, -0.2) is 0 Å². The zero-order valence-electron chi connectivity index (χ0n) is 15.9. The molecule has 1 unspecified atom stereocenters. The van der Waals surface area contributed by atoms with Crippen LogP contribution in [-0.2, 0) is 9.53 Å². The lowest BCUT2D eigenvalue weighted by molar-refractivity contribution is -0.122. The van der Waals surface area contributed by atoms with Gasteiger partial charge in [0.15, 0.2) is 6.10 Å². The number of benzene rings is 2. The molecule has 0 saturated carbocycles. The Kier molecular flexibility index (Phi) is 7.48. The van der Waals surface area contributed by atoms with Gasteiger partial charge in [0.25, 0.3) is 5.91 Å². The summed E-state index contributed by atoms with van der Waals surface area (Å²) in [6, 6.07) is 13.2. The number of hydrogen-bond donors (Lipinski definition) is 1. The Hall–Kier alpha value is -2.53. The molecule has 0 aromatic heterocycles. The summed E-state index contributed by atoms with van der Waals surface area (Å²) in [6.45, 7) is 9.38. The van der Waals surface area contributed by atoms with E-state index in [0.717, 1.165) is 22.6 Å². The van der Waals surface area contributed by atoms with E-state index in [9.17, 15) is 4.79 Å². The fraction of sp³-hybridized carbons (Fsp3) is 0.381. The second kappa shape index (κ2) is 9.82. The topological polar surface area (TPSA) is 56.8 Å². The van der Waals surface area contributed by atoms with E-state index in [1.165, 1.54) is 0 Å². The normalized spacial score (nSPS) is 11.7. The summed E-state index contributed by atoms with van der Waals surface area (Å²) in [6.07, 6.45) is -0.599. The Morgan fingerprint density at radius 3 is 2.50 bits per heavy atom. The average molecular weight is 357 g/mol. The van der Waals surface area contributed by atoms with Crippen LogP contribution in [0, 0.1) is 13.8 Å². The van der Waals surface area contributed by atoms with E-state index in [1.807, 2.05) is 51.1 Å². The fourth-order valence-corrected chi connectivity index (χ4v) is 2.32. The van der Waals surface area contributed by atoms with E-state index >= 15 is 0 Å². The van der Waals surface area contributed by atoms with Gasteiger partial charge in [-0.2, -0.15) is 0 Å². The van der Waals surface area contributed by atoms with Crippen LogP contribution in [-0.4, -0.2) is 31.8 Å². The van der Waals surface area contributed by atoms with Crippen molar-refractivity contribution in [2.45, 2.75) is 33.8 Å². The first-order valence-electron chi connectivity index (χ1n) is 8.85. The second-order valence-electron chi connectivity index (χ2n) is 6.09. The maximum Gasteiger partial charge on any atom is 0.265 e. The minimum absolute atomic E-state index is 0.198. The van der Waals surface area contributed by atoms with Crippen molar-refractivity contribution in [2.24, 2.45) is 0 Å². The highest BCUT2D eigenvalue weighted by Crippen LogP contribution is 2.21. The van der Waals surface area contributed by atoms with Gasteiger partial charge in [-0.3, -0.25) is 4.79 Å². The maximum absolute atomic E-state index is 12.4. The van der Waals surface area contributed by atoms with Gasteiger partial charge in [0, 0.05) is 12.3 Å². The van der Waals surface area contributed by atoms with Gasteiger partial charge in [0.05, 0.1) is 6.61 Å². The van der Waals surface area contributed by atoms with Gasteiger partial charge in [-0.1, -0.05) is 12.1 Å². The van der Waals surface area contributed by atoms with E-state index in [4.69, 9.17) is 14.2 Å². The molecule has 5 nitrogen and oxygen atoms in total. The summed E-state index contributed by atoms with van der Waals surface area (Å²) < 4.78 is 16.6. The lowest BCUT2D eigenvalue weighted by Crippen LogP contribution is -2.30. The van der Waals surface area contributed by atoms with Crippen LogP contribution < -0.4 is 14.8 Å². The predicted molar refractivity (Wildman–Crippen MR) is 103 cm³/mol. The summed E-state index contributed by atoms with van der Waals surface area (Å²) in [5.74, 6) is 1.27. The summed E-state index contributed by atoms with van der Waals surface area (Å²) in [7, 11) is 0. The highest BCUT2D eigenvalue weighted by atomic mass is 16.5. The van der Waals surface area contributed by atoms with Crippen molar-refractivity contribution >= 4 is 11.6 Å². The highest BCUT2D eigenvalue weighted by Gasteiger charge is 2.16. The number of nitrogens with one attached hydrogen (secondary N) is 1. The van der Waals surface area contributed by atoms with Crippen molar-refractivity contribution in [3.63, 3.8) is 0 Å². The third-order valence-electron chi connectivity index (χ3n) is 3.84. The molecule has 0 fully saturated rings. The number of aryl methyl sites for hydroxylation is 2. The molecule has 1 N–H and O–H groups in total. The van der Waals surface area contributed by atoms with Crippen LogP contribution in [0.4, 0.5) is 5.69 Å². The molecule has 140 valence electrons. The summed E-state index contributed by atoms with van der Waals surface area (Å²) >= 11 is 0. The van der Waals surface area contributed by atoms with Crippen molar-refractivity contribution in [2.75, 3.05) is 25.1 Å². The second-order valence-corrected chi connectivity index (χ2v) is 6.09. The molecule has 0 radical (unpaired) electrons. The average Bonchev–Trinajstić information content (AvgIpc) is 2.63. The summed E-state index contributed by atoms with van der Waals surface area (Å²) in [5, 5.41) is 2.86. The molecular weight excluding hydrogens is 330 g/mol. The SMILES string of the molecule is CCOCCOc1ccc(NC(=O)C(C)Oc2cc(C)ccc2C)cc1. The Morgan fingerprint density at radius 2 is 1.81 bits per heavy atom. The molecule has 26 heavy (non-hydrogen) atoms. The van der Waals surface area contributed by atoms with Gasteiger partial charge in [0.1, 0.15) is 18.1 Å². The van der Waals surface area contributed by atoms with Crippen molar-refractivity contribution in [3.05, 3.63) is 53.6 Å². The van der Waals surface area contributed by atoms with Crippen LogP contribution in [0.3, 0.4) is 0 Å². The monoisotopic (exact) mass is 357 g/mol. The van der Waals surface area contributed by atoms with Crippen molar-refractivity contribution in [1.82, 2.24) is 0 Å². The highest BCUT2D eigenvalue weighted by molar-refractivity contribution is 5.94. The minimum Gasteiger partial charge on any atom is -0.491 e. The number of rotatable bonds is 9. The Labute approximate surface area is 155 Å². The van der Waals surface area contributed by atoms with Crippen LogP contribution in [0.2, 0.25) is 0 Å². The predicted octanol–water partition coefficient (Wildman–Crippen LogP) is 4.12. The van der Waals surface area contributed by atoms with Gasteiger partial charge in [-0.15, -0.1) is 0 Å². The van der Waals surface area contributed by atoms with Crippen molar-refractivity contribution < 1.29 is 19.0 Å². The number of hydrogen-bond acceptors (Lipinski definition) is 4. The molecule has 0 aliphatic carbocycles. The number of anilines is 1. The number of amides is 1. The summed E-state index contributed by atoms with van der Waals surface area (Å²) in [5.41, 5.74) is 2.80. The van der Waals surface area contributed by atoms with E-state index in [2.05, 4.69) is 5.32 Å². The molecule has 0 spiro atoms. The molecule has 0 bridgehead atoms. The smallest absolute Gasteiger partial charge is 0.265 e. The third-order valence-corrected chi connectivity index (χ3v) is 3.84. The number of carbonyl (C=O) groups excluding carboxylic acids is 1. The molecule has 5 heteroatoms.